The number of aromatic nitrogens is 3. The molecule has 2 aromatic carbocycles. The Balaban J connectivity index is 1.35. The van der Waals surface area contributed by atoms with E-state index in [1.165, 1.54) is 22.9 Å². The van der Waals surface area contributed by atoms with Crippen molar-refractivity contribution in [2.75, 3.05) is 26.9 Å². The molecule has 0 unspecified atom stereocenters. The number of methoxy groups -OCH3 is 1. The first-order valence-electron chi connectivity index (χ1n) is 18.4. The Morgan fingerprint density at radius 3 is 2.47 bits per heavy atom. The van der Waals surface area contributed by atoms with Gasteiger partial charge in [-0.3, -0.25) is 24.0 Å². The topological polar surface area (TPSA) is 208 Å². The molecule has 3 fully saturated rings. The molecule has 15 nitrogen and oxygen atoms in total. The minimum absolute atomic E-state index is 0.000427. The summed E-state index contributed by atoms with van der Waals surface area (Å²) >= 11 is 0. The largest absolute Gasteiger partial charge is 0.495 e. The lowest BCUT2D eigenvalue weighted by atomic mass is 9.84. The van der Waals surface area contributed by atoms with Crippen LogP contribution in [0.5, 0.6) is 5.75 Å². The van der Waals surface area contributed by atoms with Crippen molar-refractivity contribution in [3.8, 4) is 5.75 Å². The molecule has 2 aliphatic heterocycles. The Hall–Kier alpha value is -4.89. The number of ether oxygens (including phenoxy) is 2. The Morgan fingerprint density at radius 1 is 1.08 bits per heavy atom. The van der Waals surface area contributed by atoms with Gasteiger partial charge in [-0.25, -0.2) is 4.68 Å². The first kappa shape index (κ1) is 37.9. The number of rotatable bonds is 12. The van der Waals surface area contributed by atoms with E-state index in [0.29, 0.717) is 17.9 Å². The molecule has 0 bridgehead atoms. The Bertz CT molecular complexity index is 1860. The van der Waals surface area contributed by atoms with Crippen LogP contribution in [0.3, 0.4) is 0 Å². The third kappa shape index (κ3) is 7.91. The minimum Gasteiger partial charge on any atom is -0.495 e. The van der Waals surface area contributed by atoms with Crippen LogP contribution in [0.25, 0.3) is 10.8 Å². The number of ketones is 1. The number of fused-ring (bicyclic) bond motifs is 1. The van der Waals surface area contributed by atoms with Gasteiger partial charge in [-0.1, -0.05) is 67.6 Å². The van der Waals surface area contributed by atoms with E-state index in [0.717, 1.165) is 42.9 Å². The number of amides is 4. The van der Waals surface area contributed by atoms with Crippen molar-refractivity contribution in [1.29, 1.82) is 0 Å². The molecule has 0 spiro atoms. The van der Waals surface area contributed by atoms with Crippen LogP contribution in [0.4, 0.5) is 0 Å². The monoisotopic (exact) mass is 731 g/mol. The molecular formula is C38H49N7O8. The van der Waals surface area contributed by atoms with Gasteiger partial charge < -0.3 is 35.8 Å². The fourth-order valence-corrected chi connectivity index (χ4v) is 8.17. The number of hydrogen-bond donors (Lipinski definition) is 4. The standard InChI is InChI=1S/C38H49N7O8/c1-37(2,51)30-21-40-43-45(30)25-20-29(35(49)42-38(32(46)33(39)47)15-17-53-18-16-38)44(22-25)36(50)28(19-23-9-5-4-6-10-23)41-34(48)27-14-13-24-11-7-8-12-26(24)31(27)52-3/h7-8,11-14,21,23,25,28-29,51H,4-6,9-10,15-20,22H2,1-3H3,(H2,39,47)(H,41,48)(H,42,49)/t25-,28+,29-/m0/s1. The zero-order chi connectivity index (χ0) is 37.9. The number of nitrogens with one attached hydrogen (secondary N) is 2. The average Bonchev–Trinajstić information content (AvgIpc) is 3.83. The fraction of sp³-hybridized carbons (Fsp3) is 0.553. The number of benzene rings is 2. The van der Waals surface area contributed by atoms with Crippen molar-refractivity contribution in [2.24, 2.45) is 11.7 Å². The maximum absolute atomic E-state index is 14.9. The SMILES string of the molecule is COc1c(C(=O)N[C@H](CC2CCCCC2)C(=O)N2C[C@@H](n3nncc3C(C)(C)O)C[C@H]2C(=O)NC2(C(=O)C(N)=O)CCOCC2)ccc2ccccc12. The van der Waals surface area contributed by atoms with E-state index in [9.17, 15) is 29.1 Å². The van der Waals surface area contributed by atoms with Crippen molar-refractivity contribution in [2.45, 2.75) is 101 Å². The van der Waals surface area contributed by atoms with Gasteiger partial charge in [-0.15, -0.1) is 5.10 Å². The first-order valence-corrected chi connectivity index (χ1v) is 18.4. The summed E-state index contributed by atoms with van der Waals surface area (Å²) in [6.07, 6.45) is 6.85. The van der Waals surface area contributed by atoms with Gasteiger partial charge in [0.1, 0.15) is 29.0 Å². The quantitative estimate of drug-likeness (QED) is 0.200. The first-order chi connectivity index (χ1) is 25.3. The van der Waals surface area contributed by atoms with Gasteiger partial charge in [0, 0.05) is 44.4 Å². The summed E-state index contributed by atoms with van der Waals surface area (Å²) in [6, 6.07) is 8.30. The zero-order valence-electron chi connectivity index (χ0n) is 30.5. The highest BCUT2D eigenvalue weighted by atomic mass is 16.5. The molecule has 2 saturated heterocycles. The summed E-state index contributed by atoms with van der Waals surface area (Å²) in [5, 5.41) is 26.6. The van der Waals surface area contributed by atoms with E-state index in [-0.39, 0.29) is 50.5 Å². The molecule has 3 aliphatic rings. The van der Waals surface area contributed by atoms with Crippen molar-refractivity contribution in [1.82, 2.24) is 30.5 Å². The fourth-order valence-electron chi connectivity index (χ4n) is 8.17. The lowest BCUT2D eigenvalue weighted by molar-refractivity contribution is -0.147. The van der Waals surface area contributed by atoms with Gasteiger partial charge in [0.25, 0.3) is 11.8 Å². The van der Waals surface area contributed by atoms with Gasteiger partial charge in [0.05, 0.1) is 30.6 Å². The molecule has 3 aromatic rings. The molecule has 4 amide bonds. The number of hydrogen-bond acceptors (Lipinski definition) is 10. The molecule has 5 N–H and O–H groups in total. The van der Waals surface area contributed by atoms with Crippen LogP contribution in [0.1, 0.15) is 93.7 Å². The van der Waals surface area contributed by atoms with E-state index < -0.39 is 58.7 Å². The van der Waals surface area contributed by atoms with Gasteiger partial charge in [-0.05, 0) is 37.6 Å². The maximum atomic E-state index is 14.9. The second kappa shape index (κ2) is 15.6. The summed E-state index contributed by atoms with van der Waals surface area (Å²) in [7, 11) is 1.50. The number of primary amides is 1. The molecule has 15 heteroatoms. The molecular weight excluding hydrogens is 682 g/mol. The van der Waals surface area contributed by atoms with E-state index in [1.54, 1.807) is 19.9 Å². The van der Waals surface area contributed by atoms with Crippen LogP contribution in [-0.2, 0) is 29.5 Å². The normalized spacial score (nSPS) is 21.2. The van der Waals surface area contributed by atoms with Crippen molar-refractivity contribution in [3.05, 3.63) is 53.9 Å². The van der Waals surface area contributed by atoms with E-state index in [1.807, 2.05) is 30.3 Å². The van der Waals surface area contributed by atoms with Crippen LogP contribution in [0, 0.1) is 5.92 Å². The number of carbonyl (C=O) groups is 5. The molecule has 284 valence electrons. The zero-order valence-corrected chi connectivity index (χ0v) is 30.5. The number of Topliss-reactive ketones (excluding diaryl/α,β-unsaturated/α-hetero) is 1. The smallest absolute Gasteiger partial charge is 0.287 e. The Morgan fingerprint density at radius 2 is 1.79 bits per heavy atom. The van der Waals surface area contributed by atoms with Crippen LogP contribution in [-0.4, -0.2) is 98.9 Å². The van der Waals surface area contributed by atoms with E-state index in [4.69, 9.17) is 15.2 Å². The van der Waals surface area contributed by atoms with Gasteiger partial charge in [0.2, 0.25) is 17.6 Å². The van der Waals surface area contributed by atoms with Gasteiger partial charge in [0.15, 0.2) is 0 Å². The number of aliphatic hydroxyl groups is 1. The predicted octanol–water partition coefficient (Wildman–Crippen LogP) is 2.30. The number of nitrogens with zero attached hydrogens (tertiary/aromatic N) is 4. The van der Waals surface area contributed by atoms with E-state index in [2.05, 4.69) is 20.9 Å². The predicted molar refractivity (Wildman–Crippen MR) is 192 cm³/mol. The summed E-state index contributed by atoms with van der Waals surface area (Å²) in [4.78, 5) is 70.2. The third-order valence-corrected chi connectivity index (χ3v) is 11.0. The molecule has 3 atom stereocenters. The molecule has 0 radical (unpaired) electrons. The summed E-state index contributed by atoms with van der Waals surface area (Å²) in [5.74, 6) is -3.19. The third-order valence-electron chi connectivity index (χ3n) is 11.0. The Kier molecular flexibility index (Phi) is 11.1. The van der Waals surface area contributed by atoms with Gasteiger partial charge >= 0.3 is 0 Å². The molecule has 1 saturated carbocycles. The van der Waals surface area contributed by atoms with Crippen molar-refractivity contribution in [3.63, 3.8) is 0 Å². The van der Waals surface area contributed by atoms with E-state index >= 15 is 0 Å². The average molecular weight is 732 g/mol. The highest BCUT2D eigenvalue weighted by molar-refractivity contribution is 6.39. The minimum atomic E-state index is -1.60. The van der Waals surface area contributed by atoms with Crippen LogP contribution >= 0.6 is 0 Å². The number of likely N-dealkylation sites (tertiary alicyclic amines) is 1. The summed E-state index contributed by atoms with van der Waals surface area (Å²) < 4.78 is 12.7. The van der Waals surface area contributed by atoms with Crippen molar-refractivity contribution < 1.29 is 38.6 Å². The summed E-state index contributed by atoms with van der Waals surface area (Å²) in [5.41, 5.74) is 3.16. The molecule has 3 heterocycles. The Labute approximate surface area is 307 Å². The molecule has 1 aliphatic carbocycles. The molecule has 1 aromatic heterocycles. The second-order valence-corrected chi connectivity index (χ2v) is 15.0. The molecule has 6 rings (SSSR count). The maximum Gasteiger partial charge on any atom is 0.287 e. The lowest BCUT2D eigenvalue weighted by Crippen LogP contribution is -2.64. The van der Waals surface area contributed by atoms with Crippen LogP contribution in [0.15, 0.2) is 42.6 Å². The highest BCUT2D eigenvalue weighted by Crippen LogP contribution is 2.35. The van der Waals surface area contributed by atoms with Crippen LogP contribution in [0.2, 0.25) is 0 Å². The molecule has 53 heavy (non-hydrogen) atoms. The van der Waals surface area contributed by atoms with Crippen LogP contribution < -0.4 is 21.1 Å². The number of carbonyl (C=O) groups excluding carboxylic acids is 5. The highest BCUT2D eigenvalue weighted by Gasteiger charge is 2.49. The summed E-state index contributed by atoms with van der Waals surface area (Å²) in [6.45, 7) is 3.42. The number of nitrogens with two attached hydrogens (primary N) is 1. The van der Waals surface area contributed by atoms with Gasteiger partial charge in [-0.2, -0.15) is 0 Å². The van der Waals surface area contributed by atoms with Crippen molar-refractivity contribution >= 4 is 40.2 Å². The lowest BCUT2D eigenvalue weighted by Gasteiger charge is -2.37. The second-order valence-electron chi connectivity index (χ2n) is 15.0.